The minimum atomic E-state index is -1.08. The Hall–Kier alpha value is -3.71. The van der Waals surface area contributed by atoms with Gasteiger partial charge in [-0.25, -0.2) is 4.79 Å². The molecule has 2 aromatic carbocycles. The van der Waals surface area contributed by atoms with Gasteiger partial charge in [-0.15, -0.1) is 11.3 Å². The fourth-order valence-corrected chi connectivity index (χ4v) is 4.66. The van der Waals surface area contributed by atoms with Gasteiger partial charge in [0.05, 0.1) is 22.1 Å². The van der Waals surface area contributed by atoms with Gasteiger partial charge in [-0.05, 0) is 78.7 Å². The number of aliphatic hydroxyl groups is 1. The van der Waals surface area contributed by atoms with Crippen molar-refractivity contribution in [1.29, 1.82) is 0 Å². The van der Waals surface area contributed by atoms with Gasteiger partial charge in [-0.1, -0.05) is 18.2 Å². The van der Waals surface area contributed by atoms with Crippen LogP contribution in [-0.4, -0.2) is 27.9 Å². The van der Waals surface area contributed by atoms with Crippen LogP contribution in [0.4, 0.5) is 5.69 Å². The van der Waals surface area contributed by atoms with Crippen molar-refractivity contribution in [2.45, 2.75) is 26.8 Å². The fraction of sp³-hybridized carbons (Fsp3) is 0.160. The maximum absolute atomic E-state index is 13.4. The molecule has 0 saturated heterocycles. The second-order valence-electron chi connectivity index (χ2n) is 7.79. The monoisotopic (exact) mass is 447 g/mol. The number of nitrogens with zero attached hydrogens (tertiary/aromatic N) is 1. The zero-order valence-corrected chi connectivity index (χ0v) is 18.6. The van der Waals surface area contributed by atoms with Crippen molar-refractivity contribution in [2.24, 2.45) is 0 Å². The Morgan fingerprint density at radius 3 is 2.22 bits per heavy atom. The largest absolute Gasteiger partial charge is 0.503 e. The van der Waals surface area contributed by atoms with E-state index in [0.717, 1.165) is 22.3 Å². The molecule has 32 heavy (non-hydrogen) atoms. The highest BCUT2D eigenvalue weighted by Crippen LogP contribution is 2.43. The van der Waals surface area contributed by atoms with E-state index in [9.17, 15) is 24.6 Å². The maximum atomic E-state index is 13.4. The van der Waals surface area contributed by atoms with Crippen molar-refractivity contribution >= 4 is 34.7 Å². The first kappa shape index (κ1) is 21.5. The summed E-state index contributed by atoms with van der Waals surface area (Å²) in [5.74, 6) is -2.78. The van der Waals surface area contributed by atoms with Gasteiger partial charge in [0.2, 0.25) is 5.78 Å². The number of ketones is 1. The summed E-state index contributed by atoms with van der Waals surface area (Å²) in [7, 11) is 0. The van der Waals surface area contributed by atoms with Crippen molar-refractivity contribution in [1.82, 2.24) is 0 Å². The van der Waals surface area contributed by atoms with E-state index >= 15 is 0 Å². The predicted molar refractivity (Wildman–Crippen MR) is 123 cm³/mol. The molecule has 0 unspecified atom stereocenters. The van der Waals surface area contributed by atoms with Crippen LogP contribution >= 0.6 is 11.3 Å². The van der Waals surface area contributed by atoms with Crippen molar-refractivity contribution in [3.05, 3.63) is 97.9 Å². The number of Topliss-reactive ketones (excluding diaryl/α,β-unsaturated/α-hetero) is 1. The van der Waals surface area contributed by atoms with E-state index in [-0.39, 0.29) is 11.1 Å². The van der Waals surface area contributed by atoms with E-state index in [1.165, 1.54) is 40.5 Å². The van der Waals surface area contributed by atoms with Crippen LogP contribution in [0.1, 0.15) is 48.3 Å². The molecule has 4 rings (SSSR count). The smallest absolute Gasteiger partial charge is 0.335 e. The van der Waals surface area contributed by atoms with Crippen LogP contribution in [0, 0.1) is 20.8 Å². The lowest BCUT2D eigenvalue weighted by Gasteiger charge is -2.28. The number of carboxylic acid groups (broad SMARTS) is 1. The molecule has 7 heteroatoms. The van der Waals surface area contributed by atoms with Crippen LogP contribution < -0.4 is 4.90 Å². The second kappa shape index (κ2) is 8.09. The van der Waals surface area contributed by atoms with Crippen LogP contribution in [0.2, 0.25) is 0 Å². The second-order valence-corrected chi connectivity index (χ2v) is 8.74. The van der Waals surface area contributed by atoms with Crippen molar-refractivity contribution in [3.8, 4) is 0 Å². The van der Waals surface area contributed by atoms with E-state index in [0.29, 0.717) is 10.6 Å². The minimum Gasteiger partial charge on any atom is -0.503 e. The number of anilines is 1. The number of amides is 1. The van der Waals surface area contributed by atoms with E-state index in [1.54, 1.807) is 17.5 Å². The Morgan fingerprint density at radius 1 is 0.969 bits per heavy atom. The van der Waals surface area contributed by atoms with E-state index < -0.39 is 29.5 Å². The third kappa shape index (κ3) is 3.50. The summed E-state index contributed by atoms with van der Waals surface area (Å²) in [6.45, 7) is 5.84. The molecule has 1 aliphatic rings. The predicted octanol–water partition coefficient (Wildman–Crippen LogP) is 5.15. The highest BCUT2D eigenvalue weighted by molar-refractivity contribution is 7.12. The molecule has 0 radical (unpaired) electrons. The molecule has 1 amide bonds. The number of hydrogen-bond acceptors (Lipinski definition) is 5. The Balaban J connectivity index is 1.92. The Kier molecular flexibility index (Phi) is 5.44. The lowest BCUT2D eigenvalue weighted by Crippen LogP contribution is -2.31. The van der Waals surface area contributed by atoms with E-state index in [1.807, 2.05) is 32.9 Å². The standard InChI is InChI=1S/C25H21NO5S/c1-13-11-15(3)18(12-14(13)2)21-20(22(27)19-5-4-10-32-19)23(28)24(29)26(21)17-8-6-16(7-9-17)25(30)31/h4-12,21,28H,1-3H3,(H,30,31)/t21-/m1/s1. The Bertz CT molecular complexity index is 1270. The lowest BCUT2D eigenvalue weighted by molar-refractivity contribution is -0.117. The molecule has 1 atom stereocenters. The van der Waals surface area contributed by atoms with E-state index in [4.69, 9.17) is 0 Å². The van der Waals surface area contributed by atoms with Crippen molar-refractivity contribution < 1.29 is 24.6 Å². The summed E-state index contributed by atoms with van der Waals surface area (Å²) in [5, 5.41) is 21.8. The fourth-order valence-electron chi connectivity index (χ4n) is 3.98. The van der Waals surface area contributed by atoms with Crippen LogP contribution in [0.3, 0.4) is 0 Å². The number of hydrogen-bond donors (Lipinski definition) is 2. The van der Waals surface area contributed by atoms with E-state index in [2.05, 4.69) is 0 Å². The minimum absolute atomic E-state index is 0.0196. The van der Waals surface area contributed by atoms with Gasteiger partial charge < -0.3 is 10.2 Å². The Labute approximate surface area is 189 Å². The number of aryl methyl sites for hydroxylation is 3. The number of aliphatic hydroxyl groups excluding tert-OH is 1. The van der Waals surface area contributed by atoms with Gasteiger partial charge in [0, 0.05) is 5.69 Å². The van der Waals surface area contributed by atoms with Gasteiger partial charge in [0.25, 0.3) is 5.91 Å². The summed E-state index contributed by atoms with van der Waals surface area (Å²) in [4.78, 5) is 39.6. The summed E-state index contributed by atoms with van der Waals surface area (Å²) in [5.41, 5.74) is 4.17. The van der Waals surface area contributed by atoms with Crippen LogP contribution in [-0.2, 0) is 4.79 Å². The number of rotatable bonds is 5. The summed E-state index contributed by atoms with van der Waals surface area (Å²) in [6.07, 6.45) is 0. The lowest BCUT2D eigenvalue weighted by atomic mass is 9.89. The molecule has 1 aromatic heterocycles. The number of aromatic carboxylic acids is 1. The highest BCUT2D eigenvalue weighted by atomic mass is 32.1. The van der Waals surface area contributed by atoms with Gasteiger partial charge in [-0.3, -0.25) is 14.5 Å². The number of carbonyl (C=O) groups is 3. The third-order valence-electron chi connectivity index (χ3n) is 5.77. The van der Waals surface area contributed by atoms with Crippen LogP contribution in [0.25, 0.3) is 0 Å². The molecular weight excluding hydrogens is 426 g/mol. The first-order chi connectivity index (χ1) is 15.2. The third-order valence-corrected chi connectivity index (χ3v) is 6.64. The van der Waals surface area contributed by atoms with Crippen molar-refractivity contribution in [3.63, 3.8) is 0 Å². The van der Waals surface area contributed by atoms with Gasteiger partial charge >= 0.3 is 5.97 Å². The zero-order chi connectivity index (χ0) is 23.2. The molecule has 0 bridgehead atoms. The first-order valence-electron chi connectivity index (χ1n) is 9.96. The van der Waals surface area contributed by atoms with Gasteiger partial charge in [0.15, 0.2) is 5.76 Å². The molecule has 6 nitrogen and oxygen atoms in total. The molecule has 2 N–H and O–H groups in total. The molecule has 0 saturated carbocycles. The SMILES string of the molecule is Cc1cc(C)c([C@@H]2C(C(=O)c3cccs3)=C(O)C(=O)N2c2ccc(C(=O)O)cc2)cc1C. The summed E-state index contributed by atoms with van der Waals surface area (Å²) in [6, 6.07) is 12.3. The number of carbonyl (C=O) groups excluding carboxylic acids is 2. The molecule has 2 heterocycles. The molecule has 0 fully saturated rings. The molecule has 3 aromatic rings. The van der Waals surface area contributed by atoms with Gasteiger partial charge in [-0.2, -0.15) is 0 Å². The molecule has 162 valence electrons. The molecular formula is C25H21NO5S. The molecule has 0 spiro atoms. The van der Waals surface area contributed by atoms with Crippen LogP contribution in [0.5, 0.6) is 0 Å². The van der Waals surface area contributed by atoms with Crippen molar-refractivity contribution in [2.75, 3.05) is 4.90 Å². The quantitative estimate of drug-likeness (QED) is 0.527. The van der Waals surface area contributed by atoms with Crippen LogP contribution in [0.15, 0.2) is 65.2 Å². The topological polar surface area (TPSA) is 94.9 Å². The number of thiophene rings is 1. The first-order valence-corrected chi connectivity index (χ1v) is 10.8. The summed E-state index contributed by atoms with van der Waals surface area (Å²) >= 11 is 1.24. The maximum Gasteiger partial charge on any atom is 0.335 e. The average Bonchev–Trinajstić information content (AvgIpc) is 3.38. The number of benzene rings is 2. The van der Waals surface area contributed by atoms with Gasteiger partial charge in [0.1, 0.15) is 0 Å². The molecule has 0 aliphatic carbocycles. The highest BCUT2D eigenvalue weighted by Gasteiger charge is 2.45. The summed E-state index contributed by atoms with van der Waals surface area (Å²) < 4.78 is 0. The number of carboxylic acids is 1. The Morgan fingerprint density at radius 2 is 1.62 bits per heavy atom. The normalized spacial score (nSPS) is 16.0. The average molecular weight is 448 g/mol. The zero-order valence-electron chi connectivity index (χ0n) is 17.7. The molecule has 1 aliphatic heterocycles.